The van der Waals surface area contributed by atoms with Gasteiger partial charge in [-0.1, -0.05) is 71.9 Å². The van der Waals surface area contributed by atoms with Crippen molar-refractivity contribution in [1.82, 2.24) is 25.5 Å². The van der Waals surface area contributed by atoms with Crippen molar-refractivity contribution in [3.05, 3.63) is 88.9 Å². The van der Waals surface area contributed by atoms with Gasteiger partial charge in [0.15, 0.2) is 11.5 Å². The van der Waals surface area contributed by atoms with Crippen LogP contribution in [0.1, 0.15) is 17.5 Å². The van der Waals surface area contributed by atoms with Crippen LogP contribution < -0.4 is 14.8 Å². The highest BCUT2D eigenvalue weighted by molar-refractivity contribution is 7.99. The number of hydrogen-bond acceptors (Lipinski definition) is 7. The lowest BCUT2D eigenvalue weighted by Gasteiger charge is -2.16. The van der Waals surface area contributed by atoms with E-state index in [2.05, 4.69) is 20.8 Å². The first-order chi connectivity index (χ1) is 16.7. The molecule has 0 aliphatic rings. The van der Waals surface area contributed by atoms with E-state index in [9.17, 15) is 0 Å². The second kappa shape index (κ2) is 13.9. The molecule has 1 aromatic heterocycles. The van der Waals surface area contributed by atoms with Gasteiger partial charge in [0.25, 0.3) is 0 Å². The largest absolute Gasteiger partial charge is 0.493 e. The minimum absolute atomic E-state index is 0. The van der Waals surface area contributed by atoms with Crippen LogP contribution in [0.4, 0.5) is 0 Å². The van der Waals surface area contributed by atoms with Gasteiger partial charge in [-0.15, -0.1) is 17.5 Å². The number of halogens is 2. The van der Waals surface area contributed by atoms with Gasteiger partial charge in [-0.2, -0.15) is 4.68 Å². The average Bonchev–Trinajstić information content (AvgIpc) is 3.35. The lowest BCUT2D eigenvalue weighted by atomic mass is 10.1. The fourth-order valence-electron chi connectivity index (χ4n) is 3.38. The Balaban J connectivity index is 0.00000342. The van der Waals surface area contributed by atoms with E-state index in [1.807, 2.05) is 66.7 Å². The van der Waals surface area contributed by atoms with Crippen molar-refractivity contribution in [2.45, 2.75) is 24.7 Å². The molecule has 4 aromatic rings. The second-order valence-corrected chi connectivity index (χ2v) is 8.96. The van der Waals surface area contributed by atoms with Crippen LogP contribution in [0.5, 0.6) is 11.5 Å². The maximum atomic E-state index is 6.32. The molecule has 0 fully saturated rings. The third-order valence-electron chi connectivity index (χ3n) is 5.03. The summed E-state index contributed by atoms with van der Waals surface area (Å²) in [6.07, 6.45) is 0.949. The molecule has 184 valence electrons. The molecule has 0 saturated carbocycles. The highest BCUT2D eigenvalue weighted by atomic mass is 35.5. The first-order valence-corrected chi connectivity index (χ1v) is 12.3. The molecule has 10 heteroatoms. The topological polar surface area (TPSA) is 74.1 Å². The normalized spacial score (nSPS) is 10.6. The van der Waals surface area contributed by atoms with Crippen molar-refractivity contribution in [2.24, 2.45) is 0 Å². The summed E-state index contributed by atoms with van der Waals surface area (Å²) in [5, 5.41) is 16.9. The Bertz CT molecular complexity index is 1180. The van der Waals surface area contributed by atoms with Gasteiger partial charge < -0.3 is 14.8 Å². The van der Waals surface area contributed by atoms with Crippen LogP contribution in [0.3, 0.4) is 0 Å². The van der Waals surface area contributed by atoms with E-state index in [1.165, 1.54) is 0 Å². The summed E-state index contributed by atoms with van der Waals surface area (Å²) >= 11 is 7.95. The maximum Gasteiger partial charge on any atom is 0.214 e. The zero-order valence-corrected chi connectivity index (χ0v) is 21.7. The number of benzene rings is 3. The van der Waals surface area contributed by atoms with Crippen molar-refractivity contribution in [1.29, 1.82) is 0 Å². The van der Waals surface area contributed by atoms with Gasteiger partial charge in [0, 0.05) is 29.0 Å². The molecule has 0 spiro atoms. The fourth-order valence-corrected chi connectivity index (χ4v) is 4.44. The van der Waals surface area contributed by atoms with Crippen molar-refractivity contribution in [2.75, 3.05) is 19.4 Å². The summed E-state index contributed by atoms with van der Waals surface area (Å²) in [5.74, 6) is 2.22. The zero-order valence-electron chi connectivity index (χ0n) is 19.3. The minimum atomic E-state index is 0. The summed E-state index contributed by atoms with van der Waals surface area (Å²) in [6, 6.07) is 23.6. The lowest BCUT2D eigenvalue weighted by molar-refractivity contribution is 0.280. The number of tetrazole rings is 1. The molecule has 0 atom stereocenters. The predicted molar refractivity (Wildman–Crippen MR) is 142 cm³/mol. The molecule has 0 aliphatic heterocycles. The number of para-hydroxylation sites is 1. The molecule has 0 bridgehead atoms. The number of ether oxygens (including phenoxy) is 2. The van der Waals surface area contributed by atoms with Crippen LogP contribution in [-0.4, -0.2) is 39.6 Å². The third kappa shape index (κ3) is 7.60. The number of nitrogens with one attached hydrogen (secondary N) is 1. The Labute approximate surface area is 220 Å². The molecule has 1 N–H and O–H groups in total. The van der Waals surface area contributed by atoms with Crippen molar-refractivity contribution >= 4 is 35.8 Å². The Hall–Kier alpha value is -2.78. The minimum Gasteiger partial charge on any atom is -0.493 e. The monoisotopic (exact) mass is 531 g/mol. The van der Waals surface area contributed by atoms with Crippen molar-refractivity contribution in [3.63, 3.8) is 0 Å². The van der Waals surface area contributed by atoms with Crippen molar-refractivity contribution < 1.29 is 9.47 Å². The summed E-state index contributed by atoms with van der Waals surface area (Å²) in [7, 11) is 1.62. The predicted octanol–water partition coefficient (Wildman–Crippen LogP) is 5.60. The van der Waals surface area contributed by atoms with E-state index in [-0.39, 0.29) is 12.4 Å². The van der Waals surface area contributed by atoms with Crippen LogP contribution >= 0.6 is 35.8 Å². The number of methoxy groups -OCH3 is 1. The molecule has 0 unspecified atom stereocenters. The van der Waals surface area contributed by atoms with E-state index in [4.69, 9.17) is 21.1 Å². The van der Waals surface area contributed by atoms with Crippen LogP contribution in [0, 0.1) is 0 Å². The summed E-state index contributed by atoms with van der Waals surface area (Å²) in [6.45, 7) is 1.90. The van der Waals surface area contributed by atoms with E-state index in [0.29, 0.717) is 29.7 Å². The summed E-state index contributed by atoms with van der Waals surface area (Å²) in [4.78, 5) is 0. The highest BCUT2D eigenvalue weighted by Gasteiger charge is 2.13. The van der Waals surface area contributed by atoms with Gasteiger partial charge in [-0.3, -0.25) is 0 Å². The molecule has 7 nitrogen and oxygen atoms in total. The number of hydrogen-bond donors (Lipinski definition) is 1. The first-order valence-electron chi connectivity index (χ1n) is 10.9. The summed E-state index contributed by atoms with van der Waals surface area (Å²) < 4.78 is 13.4. The molecule has 0 amide bonds. The molecular weight excluding hydrogens is 505 g/mol. The first kappa shape index (κ1) is 26.8. The van der Waals surface area contributed by atoms with Crippen LogP contribution in [0.2, 0.25) is 5.02 Å². The molecule has 3 aromatic carbocycles. The van der Waals surface area contributed by atoms with Gasteiger partial charge in [-0.25, -0.2) is 0 Å². The molecule has 35 heavy (non-hydrogen) atoms. The standard InChI is InChI=1S/C25H26ClN5O2S.ClH/c1-32-23-16-21(26)15-20(24(23)33-18-19-9-4-2-5-10-19)17-27-13-8-14-34-25-28-29-30-31(25)22-11-6-3-7-12-22;/h2-7,9-12,15-16,27H,8,13-14,17-18H2,1H3;1H. The number of thioether (sulfide) groups is 1. The van der Waals surface area contributed by atoms with E-state index < -0.39 is 0 Å². The average molecular weight is 532 g/mol. The van der Waals surface area contributed by atoms with Gasteiger partial charge in [-0.05, 0) is 47.2 Å². The van der Waals surface area contributed by atoms with Gasteiger partial charge in [0.05, 0.1) is 12.8 Å². The Morgan fingerprint density at radius 1 is 1.03 bits per heavy atom. The van der Waals surface area contributed by atoms with Gasteiger partial charge >= 0.3 is 0 Å². The van der Waals surface area contributed by atoms with E-state index >= 15 is 0 Å². The Kier molecular flexibility index (Phi) is 10.7. The third-order valence-corrected chi connectivity index (χ3v) is 6.25. The molecule has 1 heterocycles. The lowest BCUT2D eigenvalue weighted by Crippen LogP contribution is -2.16. The highest BCUT2D eigenvalue weighted by Crippen LogP contribution is 2.35. The van der Waals surface area contributed by atoms with Gasteiger partial charge in [0.1, 0.15) is 6.61 Å². The number of aromatic nitrogens is 4. The van der Waals surface area contributed by atoms with E-state index in [1.54, 1.807) is 29.6 Å². The number of nitrogens with zero attached hydrogens (tertiary/aromatic N) is 4. The Morgan fingerprint density at radius 2 is 1.77 bits per heavy atom. The van der Waals surface area contributed by atoms with Crippen molar-refractivity contribution in [3.8, 4) is 17.2 Å². The maximum absolute atomic E-state index is 6.32. The van der Waals surface area contributed by atoms with Crippen LogP contribution in [0.15, 0.2) is 78.0 Å². The SMILES string of the molecule is COc1cc(Cl)cc(CNCCCSc2nnnn2-c2ccccc2)c1OCc1ccccc1.Cl. The fraction of sp³-hybridized carbons (Fsp3) is 0.240. The molecular formula is C25H27Cl2N5O2S. The Morgan fingerprint density at radius 3 is 2.51 bits per heavy atom. The quantitative estimate of drug-likeness (QED) is 0.188. The second-order valence-electron chi connectivity index (χ2n) is 7.46. The number of rotatable bonds is 12. The smallest absolute Gasteiger partial charge is 0.214 e. The molecule has 4 rings (SSSR count). The zero-order chi connectivity index (χ0) is 23.6. The molecule has 0 aliphatic carbocycles. The summed E-state index contributed by atoms with van der Waals surface area (Å²) in [5.41, 5.74) is 3.00. The van der Waals surface area contributed by atoms with Crippen LogP contribution in [0.25, 0.3) is 5.69 Å². The molecule has 0 radical (unpaired) electrons. The van der Waals surface area contributed by atoms with Crippen LogP contribution in [-0.2, 0) is 13.2 Å². The van der Waals surface area contributed by atoms with E-state index in [0.717, 1.165) is 40.7 Å². The molecule has 0 saturated heterocycles. The van der Waals surface area contributed by atoms with Gasteiger partial charge in [0.2, 0.25) is 5.16 Å².